The number of rotatable bonds is 4. The smallest absolute Gasteiger partial charge is 0.323 e. The number of nitrogens with zero attached hydrogens (tertiary/aromatic N) is 3. The number of aromatic nitrogens is 4. The van der Waals surface area contributed by atoms with Crippen molar-refractivity contribution in [3.63, 3.8) is 0 Å². The minimum absolute atomic E-state index is 0.189. The number of aromatic amines is 1. The first kappa shape index (κ1) is 22.0. The number of urea groups is 1. The van der Waals surface area contributed by atoms with Crippen LogP contribution in [0.3, 0.4) is 0 Å². The normalized spacial score (nSPS) is 11.3. The molecule has 2 aromatic heterocycles. The Labute approximate surface area is 192 Å². The number of nitrogens with one attached hydrogen (secondary N) is 3. The highest BCUT2D eigenvalue weighted by Gasteiger charge is 2.23. The zero-order valence-corrected chi connectivity index (χ0v) is 19.1. The van der Waals surface area contributed by atoms with Crippen LogP contribution in [-0.4, -0.2) is 26.0 Å². The summed E-state index contributed by atoms with van der Waals surface area (Å²) in [5.74, 6) is 1.01. The van der Waals surface area contributed by atoms with E-state index in [0.29, 0.717) is 11.4 Å². The Morgan fingerprint density at radius 2 is 1.67 bits per heavy atom. The number of carbonyl (C=O) groups excluding carboxylic acids is 1. The van der Waals surface area contributed by atoms with E-state index in [4.69, 9.17) is 10.7 Å². The number of hydrogen-bond acceptors (Lipinski definition) is 5. The van der Waals surface area contributed by atoms with Gasteiger partial charge in [-0.2, -0.15) is 0 Å². The Kier molecular flexibility index (Phi) is 5.83. The van der Waals surface area contributed by atoms with E-state index in [1.807, 2.05) is 55.5 Å². The van der Waals surface area contributed by atoms with Crippen molar-refractivity contribution in [2.45, 2.75) is 33.1 Å². The van der Waals surface area contributed by atoms with Gasteiger partial charge in [-0.3, -0.25) is 0 Å². The van der Waals surface area contributed by atoms with E-state index in [1.54, 1.807) is 12.3 Å². The van der Waals surface area contributed by atoms with Gasteiger partial charge in [0.2, 0.25) is 5.95 Å². The van der Waals surface area contributed by atoms with Gasteiger partial charge in [0, 0.05) is 28.6 Å². The number of aryl methyl sites for hydroxylation is 1. The largest absolute Gasteiger partial charge is 0.368 e. The lowest BCUT2D eigenvalue weighted by molar-refractivity contribution is 0.262. The maximum absolute atomic E-state index is 12.5. The summed E-state index contributed by atoms with van der Waals surface area (Å²) in [7, 11) is 0. The maximum Gasteiger partial charge on any atom is 0.323 e. The lowest BCUT2D eigenvalue weighted by Gasteiger charge is -2.14. The average Bonchev–Trinajstić information content (AvgIpc) is 3.20. The van der Waals surface area contributed by atoms with E-state index < -0.39 is 0 Å². The fourth-order valence-electron chi connectivity index (χ4n) is 3.40. The topological polar surface area (TPSA) is 122 Å². The Balaban J connectivity index is 1.66. The summed E-state index contributed by atoms with van der Waals surface area (Å²) in [5, 5.41) is 5.75. The van der Waals surface area contributed by atoms with Gasteiger partial charge < -0.3 is 21.4 Å². The molecule has 5 N–H and O–H groups in total. The number of nitrogens with two attached hydrogens (primary N) is 1. The highest BCUT2D eigenvalue weighted by atomic mass is 16.2. The van der Waals surface area contributed by atoms with Crippen LogP contribution in [0, 0.1) is 6.92 Å². The molecule has 0 fully saturated rings. The minimum Gasteiger partial charge on any atom is -0.368 e. The summed E-state index contributed by atoms with van der Waals surface area (Å²) in [6, 6.07) is 16.6. The van der Waals surface area contributed by atoms with Crippen LogP contribution in [0.5, 0.6) is 0 Å². The molecule has 4 aromatic rings. The van der Waals surface area contributed by atoms with Crippen molar-refractivity contribution in [2.75, 3.05) is 16.4 Å². The zero-order chi connectivity index (χ0) is 23.6. The number of nitrogen functional groups attached to an aromatic ring is 1. The van der Waals surface area contributed by atoms with E-state index >= 15 is 0 Å². The summed E-state index contributed by atoms with van der Waals surface area (Å²) < 4.78 is 0. The molecule has 33 heavy (non-hydrogen) atoms. The van der Waals surface area contributed by atoms with Gasteiger partial charge in [-0.15, -0.1) is 0 Å². The predicted octanol–water partition coefficient (Wildman–Crippen LogP) is 5.37. The molecule has 2 amide bonds. The Morgan fingerprint density at radius 3 is 2.33 bits per heavy atom. The number of amides is 2. The third kappa shape index (κ3) is 5.17. The van der Waals surface area contributed by atoms with E-state index in [0.717, 1.165) is 34.0 Å². The van der Waals surface area contributed by atoms with Gasteiger partial charge in [0.15, 0.2) is 0 Å². The summed E-state index contributed by atoms with van der Waals surface area (Å²) >= 11 is 0. The van der Waals surface area contributed by atoms with Crippen LogP contribution in [0.1, 0.15) is 32.2 Å². The van der Waals surface area contributed by atoms with E-state index in [1.165, 1.54) is 0 Å². The van der Waals surface area contributed by atoms with Gasteiger partial charge in [-0.25, -0.2) is 19.7 Å². The van der Waals surface area contributed by atoms with Crippen molar-refractivity contribution in [3.8, 4) is 22.6 Å². The first-order valence-electron chi connectivity index (χ1n) is 10.6. The van der Waals surface area contributed by atoms with Crippen molar-refractivity contribution in [1.29, 1.82) is 0 Å². The Hall–Kier alpha value is -4.20. The molecule has 2 aromatic carbocycles. The first-order valence-corrected chi connectivity index (χ1v) is 10.6. The molecule has 2 heterocycles. The second-order valence-electron chi connectivity index (χ2n) is 8.89. The Bertz CT molecular complexity index is 1300. The molecular weight excluding hydrogens is 414 g/mol. The monoisotopic (exact) mass is 441 g/mol. The lowest BCUT2D eigenvalue weighted by Crippen LogP contribution is -2.19. The first-order chi connectivity index (χ1) is 15.7. The number of carbonyl (C=O) groups is 1. The molecule has 0 spiro atoms. The van der Waals surface area contributed by atoms with Gasteiger partial charge in [-0.1, -0.05) is 45.0 Å². The van der Waals surface area contributed by atoms with Gasteiger partial charge in [0.05, 0.1) is 17.1 Å². The molecule has 8 nitrogen and oxygen atoms in total. The highest BCUT2D eigenvalue weighted by molar-refractivity contribution is 6.00. The summed E-state index contributed by atoms with van der Waals surface area (Å²) in [6.07, 6.45) is 1.62. The molecule has 0 aliphatic carbocycles. The molecule has 0 atom stereocenters. The summed E-state index contributed by atoms with van der Waals surface area (Å²) in [4.78, 5) is 29.2. The maximum atomic E-state index is 12.5. The number of imidazole rings is 1. The van der Waals surface area contributed by atoms with Crippen molar-refractivity contribution in [1.82, 2.24) is 19.9 Å². The lowest BCUT2D eigenvalue weighted by atomic mass is 9.96. The Morgan fingerprint density at radius 1 is 0.970 bits per heavy atom. The number of H-pyrrole nitrogens is 1. The predicted molar refractivity (Wildman–Crippen MR) is 132 cm³/mol. The van der Waals surface area contributed by atoms with Gasteiger partial charge in [0.25, 0.3) is 0 Å². The van der Waals surface area contributed by atoms with Crippen LogP contribution in [0.25, 0.3) is 22.6 Å². The van der Waals surface area contributed by atoms with Crippen LogP contribution < -0.4 is 16.4 Å². The summed E-state index contributed by atoms with van der Waals surface area (Å²) in [6.45, 7) is 8.23. The standard InChI is InChI=1S/C25H27N7O/c1-15-7-5-9-17(13-15)28-24(33)29-18-10-6-8-16(14-18)20-21(19-11-12-27-23(26)30-19)32-22(31-20)25(2,3)4/h5-14H,1-4H3,(H,31,32)(H2,26,27,30)(H2,28,29,33). The molecule has 4 rings (SSSR count). The van der Waals surface area contributed by atoms with E-state index in [2.05, 4.69) is 46.4 Å². The molecule has 8 heteroatoms. The molecule has 0 saturated carbocycles. The van der Waals surface area contributed by atoms with Crippen molar-refractivity contribution >= 4 is 23.4 Å². The highest BCUT2D eigenvalue weighted by Crippen LogP contribution is 2.33. The van der Waals surface area contributed by atoms with Crippen molar-refractivity contribution in [2.24, 2.45) is 0 Å². The molecule has 0 unspecified atom stereocenters. The quantitative estimate of drug-likeness (QED) is 0.339. The van der Waals surface area contributed by atoms with Crippen LogP contribution >= 0.6 is 0 Å². The molecule has 0 aliphatic heterocycles. The third-order valence-corrected chi connectivity index (χ3v) is 5.01. The second-order valence-corrected chi connectivity index (χ2v) is 8.89. The van der Waals surface area contributed by atoms with E-state index in [9.17, 15) is 4.79 Å². The minimum atomic E-state index is -0.320. The van der Waals surface area contributed by atoms with Crippen LogP contribution in [0.2, 0.25) is 0 Å². The summed E-state index contributed by atoms with van der Waals surface area (Å²) in [5.41, 5.74) is 11.0. The van der Waals surface area contributed by atoms with E-state index in [-0.39, 0.29) is 17.4 Å². The van der Waals surface area contributed by atoms with Gasteiger partial charge >= 0.3 is 6.03 Å². The van der Waals surface area contributed by atoms with Crippen LogP contribution in [-0.2, 0) is 5.41 Å². The van der Waals surface area contributed by atoms with Crippen molar-refractivity contribution in [3.05, 3.63) is 72.2 Å². The molecule has 0 saturated heterocycles. The fourth-order valence-corrected chi connectivity index (χ4v) is 3.40. The molecule has 0 radical (unpaired) electrons. The van der Waals surface area contributed by atoms with Gasteiger partial charge in [-0.05, 0) is 42.8 Å². The molecular formula is C25H27N7O. The second kappa shape index (κ2) is 8.74. The third-order valence-electron chi connectivity index (χ3n) is 5.01. The zero-order valence-electron chi connectivity index (χ0n) is 19.1. The van der Waals surface area contributed by atoms with Crippen LogP contribution in [0.15, 0.2) is 60.8 Å². The SMILES string of the molecule is Cc1cccc(NC(=O)Nc2cccc(-c3nc(C(C)(C)C)[nH]c3-c3ccnc(N)n3)c2)c1. The number of benzene rings is 2. The molecule has 0 aliphatic rings. The average molecular weight is 442 g/mol. The number of hydrogen-bond donors (Lipinski definition) is 4. The fraction of sp³-hybridized carbons (Fsp3) is 0.200. The molecule has 0 bridgehead atoms. The molecule has 168 valence electrons. The van der Waals surface area contributed by atoms with Crippen molar-refractivity contribution < 1.29 is 4.79 Å². The van der Waals surface area contributed by atoms with Crippen LogP contribution in [0.4, 0.5) is 22.1 Å². The number of anilines is 3. The van der Waals surface area contributed by atoms with Gasteiger partial charge in [0.1, 0.15) is 5.82 Å².